The van der Waals surface area contributed by atoms with Crippen LogP contribution in [0.15, 0.2) is 23.1 Å². The predicted octanol–water partition coefficient (Wildman–Crippen LogP) is 1.60. The first-order valence-corrected chi connectivity index (χ1v) is 10.6. The van der Waals surface area contributed by atoms with E-state index in [1.807, 2.05) is 7.05 Å². The van der Waals surface area contributed by atoms with Gasteiger partial charge in [-0.3, -0.25) is 4.79 Å². The SMILES string of the molecule is CNCCCNC(=O)c1ccc(OC)c(S(=O)(=O)N2CCCCCC2)c1. The molecule has 1 aliphatic rings. The summed E-state index contributed by atoms with van der Waals surface area (Å²) in [6, 6.07) is 4.56. The second-order valence-electron chi connectivity index (χ2n) is 6.40. The van der Waals surface area contributed by atoms with Crippen LogP contribution in [0, 0.1) is 0 Å². The van der Waals surface area contributed by atoms with Crippen LogP contribution in [0.3, 0.4) is 0 Å². The number of amides is 1. The first kappa shape index (κ1) is 20.7. The lowest BCUT2D eigenvalue weighted by Gasteiger charge is -2.21. The molecule has 8 heteroatoms. The normalized spacial score (nSPS) is 16.1. The van der Waals surface area contributed by atoms with E-state index in [0.29, 0.717) is 25.2 Å². The summed E-state index contributed by atoms with van der Waals surface area (Å²) in [7, 11) is -0.404. The van der Waals surface area contributed by atoms with Crippen molar-refractivity contribution in [3.05, 3.63) is 23.8 Å². The molecule has 0 atom stereocenters. The monoisotopic (exact) mass is 383 g/mol. The minimum Gasteiger partial charge on any atom is -0.495 e. The maximum Gasteiger partial charge on any atom is 0.251 e. The minimum absolute atomic E-state index is 0.0600. The molecule has 0 radical (unpaired) electrons. The van der Waals surface area contributed by atoms with E-state index in [1.165, 1.54) is 17.5 Å². The molecule has 0 aromatic heterocycles. The summed E-state index contributed by atoms with van der Waals surface area (Å²) >= 11 is 0. The molecule has 0 saturated carbocycles. The molecule has 146 valence electrons. The number of nitrogens with zero attached hydrogens (tertiary/aromatic N) is 1. The largest absolute Gasteiger partial charge is 0.495 e. The lowest BCUT2D eigenvalue weighted by Crippen LogP contribution is -2.32. The number of hydrogen-bond donors (Lipinski definition) is 2. The average molecular weight is 384 g/mol. The van der Waals surface area contributed by atoms with Crippen molar-refractivity contribution in [2.45, 2.75) is 37.0 Å². The molecule has 2 rings (SSSR count). The molecule has 1 amide bonds. The van der Waals surface area contributed by atoms with E-state index in [0.717, 1.165) is 38.6 Å². The first-order valence-electron chi connectivity index (χ1n) is 9.11. The summed E-state index contributed by atoms with van der Waals surface area (Å²) in [6.07, 6.45) is 4.59. The zero-order valence-electron chi connectivity index (χ0n) is 15.6. The zero-order valence-corrected chi connectivity index (χ0v) is 16.4. The molecule has 1 saturated heterocycles. The number of sulfonamides is 1. The molecule has 0 aliphatic carbocycles. The van der Waals surface area contributed by atoms with E-state index in [4.69, 9.17) is 4.74 Å². The van der Waals surface area contributed by atoms with Crippen LogP contribution in [-0.4, -0.2) is 59.0 Å². The highest BCUT2D eigenvalue weighted by Gasteiger charge is 2.29. The Bertz CT molecular complexity index is 698. The fourth-order valence-electron chi connectivity index (χ4n) is 3.01. The Labute approximate surface area is 156 Å². The molecule has 2 N–H and O–H groups in total. The highest BCUT2D eigenvalue weighted by molar-refractivity contribution is 7.89. The Hall–Kier alpha value is -1.64. The van der Waals surface area contributed by atoms with Crippen LogP contribution in [0.5, 0.6) is 5.75 Å². The Kier molecular flexibility index (Phi) is 7.86. The number of nitrogens with one attached hydrogen (secondary N) is 2. The zero-order chi connectivity index (χ0) is 19.0. The molecule has 0 unspecified atom stereocenters. The first-order chi connectivity index (χ1) is 12.5. The van der Waals surface area contributed by atoms with E-state index < -0.39 is 10.0 Å². The molecule has 0 spiro atoms. The third kappa shape index (κ3) is 5.18. The van der Waals surface area contributed by atoms with Gasteiger partial charge in [0.15, 0.2) is 0 Å². The number of carbonyl (C=O) groups excluding carboxylic acids is 1. The van der Waals surface area contributed by atoms with Gasteiger partial charge < -0.3 is 15.4 Å². The lowest BCUT2D eigenvalue weighted by molar-refractivity contribution is 0.0953. The quantitative estimate of drug-likeness (QED) is 0.666. The highest BCUT2D eigenvalue weighted by atomic mass is 32.2. The summed E-state index contributed by atoms with van der Waals surface area (Å²) in [5, 5.41) is 5.83. The van der Waals surface area contributed by atoms with Crippen LogP contribution in [0.1, 0.15) is 42.5 Å². The average Bonchev–Trinajstić information content (AvgIpc) is 2.94. The lowest BCUT2D eigenvalue weighted by atomic mass is 10.2. The van der Waals surface area contributed by atoms with Gasteiger partial charge in [-0.2, -0.15) is 4.31 Å². The van der Waals surface area contributed by atoms with E-state index >= 15 is 0 Å². The minimum atomic E-state index is -3.69. The van der Waals surface area contributed by atoms with E-state index in [-0.39, 0.29) is 16.6 Å². The summed E-state index contributed by atoms with van der Waals surface area (Å²) < 4.78 is 33.0. The number of hydrogen-bond acceptors (Lipinski definition) is 5. The summed E-state index contributed by atoms with van der Waals surface area (Å²) in [6.45, 7) is 2.34. The smallest absolute Gasteiger partial charge is 0.251 e. The van der Waals surface area contributed by atoms with Crippen molar-refractivity contribution in [1.29, 1.82) is 0 Å². The molecule has 1 fully saturated rings. The van der Waals surface area contributed by atoms with Gasteiger partial charge in [-0.15, -0.1) is 0 Å². The topological polar surface area (TPSA) is 87.7 Å². The molecule has 7 nitrogen and oxygen atoms in total. The van der Waals surface area contributed by atoms with Crippen LogP contribution in [-0.2, 0) is 10.0 Å². The highest BCUT2D eigenvalue weighted by Crippen LogP contribution is 2.29. The van der Waals surface area contributed by atoms with Gasteiger partial charge in [-0.1, -0.05) is 12.8 Å². The maximum absolute atomic E-state index is 13.1. The van der Waals surface area contributed by atoms with Gasteiger partial charge in [0, 0.05) is 25.2 Å². The summed E-state index contributed by atoms with van der Waals surface area (Å²) in [4.78, 5) is 12.4. The van der Waals surface area contributed by atoms with Crippen molar-refractivity contribution < 1.29 is 17.9 Å². The molecule has 1 aromatic rings. The van der Waals surface area contributed by atoms with Gasteiger partial charge in [0.25, 0.3) is 5.91 Å². The van der Waals surface area contributed by atoms with Crippen LogP contribution in [0.2, 0.25) is 0 Å². The van der Waals surface area contributed by atoms with Gasteiger partial charge in [0.2, 0.25) is 10.0 Å². The third-order valence-electron chi connectivity index (χ3n) is 4.50. The molecule has 1 heterocycles. The molecule has 1 aromatic carbocycles. The Balaban J connectivity index is 2.24. The van der Waals surface area contributed by atoms with Gasteiger partial charge in [-0.05, 0) is 51.1 Å². The number of carbonyl (C=O) groups is 1. The van der Waals surface area contributed by atoms with Gasteiger partial charge >= 0.3 is 0 Å². The van der Waals surface area contributed by atoms with Gasteiger partial charge in [-0.25, -0.2) is 8.42 Å². The Morgan fingerprint density at radius 3 is 2.46 bits per heavy atom. The van der Waals surface area contributed by atoms with E-state index in [1.54, 1.807) is 12.1 Å². The van der Waals surface area contributed by atoms with Gasteiger partial charge in [0.05, 0.1) is 7.11 Å². The molecule has 26 heavy (non-hydrogen) atoms. The number of benzene rings is 1. The van der Waals surface area contributed by atoms with Crippen molar-refractivity contribution in [1.82, 2.24) is 14.9 Å². The van der Waals surface area contributed by atoms with Crippen molar-refractivity contribution in [3.8, 4) is 5.75 Å². The third-order valence-corrected chi connectivity index (χ3v) is 6.42. The molecular weight excluding hydrogens is 354 g/mol. The Morgan fingerprint density at radius 2 is 1.85 bits per heavy atom. The number of ether oxygens (including phenoxy) is 1. The Morgan fingerprint density at radius 1 is 1.15 bits per heavy atom. The summed E-state index contributed by atoms with van der Waals surface area (Å²) in [5.74, 6) is -0.0166. The van der Waals surface area contributed by atoms with Crippen molar-refractivity contribution in [3.63, 3.8) is 0 Å². The number of methoxy groups -OCH3 is 1. The van der Waals surface area contributed by atoms with Crippen molar-refractivity contribution in [2.24, 2.45) is 0 Å². The van der Waals surface area contributed by atoms with Crippen LogP contribution in [0.25, 0.3) is 0 Å². The molecular formula is C18H29N3O4S. The standard InChI is InChI=1S/C18H29N3O4S/c1-19-10-7-11-20-18(22)15-8-9-16(25-2)17(14-15)26(23,24)21-12-5-3-4-6-13-21/h8-9,14,19H,3-7,10-13H2,1-2H3,(H,20,22). The second kappa shape index (κ2) is 9.89. The predicted molar refractivity (Wildman–Crippen MR) is 101 cm³/mol. The maximum atomic E-state index is 13.1. The second-order valence-corrected chi connectivity index (χ2v) is 8.30. The molecule has 1 aliphatic heterocycles. The number of rotatable bonds is 8. The van der Waals surface area contributed by atoms with E-state index in [2.05, 4.69) is 10.6 Å². The van der Waals surface area contributed by atoms with Crippen LogP contribution < -0.4 is 15.4 Å². The molecule has 0 bridgehead atoms. The van der Waals surface area contributed by atoms with Gasteiger partial charge in [0.1, 0.15) is 10.6 Å². The van der Waals surface area contributed by atoms with Crippen LogP contribution in [0.4, 0.5) is 0 Å². The van der Waals surface area contributed by atoms with Crippen LogP contribution >= 0.6 is 0 Å². The fraction of sp³-hybridized carbons (Fsp3) is 0.611. The fourth-order valence-corrected chi connectivity index (χ4v) is 4.71. The van der Waals surface area contributed by atoms with Crippen molar-refractivity contribution in [2.75, 3.05) is 40.3 Å². The van der Waals surface area contributed by atoms with E-state index in [9.17, 15) is 13.2 Å². The van der Waals surface area contributed by atoms with Crippen molar-refractivity contribution >= 4 is 15.9 Å². The summed E-state index contributed by atoms with van der Waals surface area (Å²) in [5.41, 5.74) is 0.323.